The average Bonchev–Trinajstić information content (AvgIpc) is 3.67. The maximum Gasteiger partial charge on any atom is 0.309 e. The Morgan fingerprint density at radius 3 is 2.53 bits per heavy atom. The van der Waals surface area contributed by atoms with E-state index >= 15 is 0 Å². The van der Waals surface area contributed by atoms with Crippen LogP contribution in [0, 0.1) is 5.41 Å². The van der Waals surface area contributed by atoms with Gasteiger partial charge in [-0.3, -0.25) is 9.69 Å². The van der Waals surface area contributed by atoms with Gasteiger partial charge >= 0.3 is 5.97 Å². The number of nitrogens with zero attached hydrogens (tertiary/aromatic N) is 3. The van der Waals surface area contributed by atoms with Crippen molar-refractivity contribution in [1.82, 2.24) is 9.80 Å². The normalized spacial score (nSPS) is 18.6. The number of amidine groups is 1. The molecule has 7 nitrogen and oxygen atoms in total. The zero-order chi connectivity index (χ0) is 24.1. The number of hydrogen-bond acceptors (Lipinski definition) is 6. The molecule has 0 spiro atoms. The molecule has 0 radical (unpaired) electrons. The van der Waals surface area contributed by atoms with Crippen molar-refractivity contribution in [3.8, 4) is 11.5 Å². The minimum atomic E-state index is -0.633. The fraction of sp³-hybridized carbons (Fsp3) is 0.481. The van der Waals surface area contributed by atoms with Gasteiger partial charge in [0.2, 0.25) is 0 Å². The summed E-state index contributed by atoms with van der Waals surface area (Å²) in [4.78, 5) is 21.2. The number of methoxy groups -OCH3 is 1. The summed E-state index contributed by atoms with van der Waals surface area (Å²) >= 11 is 0. The third-order valence-electron chi connectivity index (χ3n) is 6.92. The summed E-state index contributed by atoms with van der Waals surface area (Å²) in [6.07, 6.45) is 2.38. The highest BCUT2D eigenvalue weighted by molar-refractivity contribution is 6.02. The first-order valence-electron chi connectivity index (χ1n) is 12.3. The molecule has 1 N–H and O–H groups in total. The van der Waals surface area contributed by atoms with E-state index in [2.05, 4.69) is 15.9 Å². The van der Waals surface area contributed by atoms with E-state index in [1.54, 1.807) is 7.11 Å². The number of carboxylic acids is 1. The van der Waals surface area contributed by atoms with E-state index < -0.39 is 11.4 Å². The molecule has 0 unspecified atom stereocenters. The first-order chi connectivity index (χ1) is 16.6. The summed E-state index contributed by atoms with van der Waals surface area (Å²) < 4.78 is 11.5. The molecular formula is C27H35N3O4. The number of carboxylic acid groups (broad SMARTS) is 1. The quantitative estimate of drug-likeness (QED) is 0.698. The monoisotopic (exact) mass is 465 g/mol. The van der Waals surface area contributed by atoms with Crippen molar-refractivity contribution < 1.29 is 19.4 Å². The predicted molar refractivity (Wildman–Crippen MR) is 133 cm³/mol. The third-order valence-corrected chi connectivity index (χ3v) is 6.92. The first kappa shape index (κ1) is 24.1. The van der Waals surface area contributed by atoms with Crippen molar-refractivity contribution >= 4 is 17.5 Å². The Kier molecular flexibility index (Phi) is 7.41. The number of ether oxygens (including phenoxy) is 2. The van der Waals surface area contributed by atoms with E-state index in [1.165, 1.54) is 0 Å². The molecule has 5 rings (SSSR count). The van der Waals surface area contributed by atoms with Gasteiger partial charge in [0.1, 0.15) is 29.6 Å². The van der Waals surface area contributed by atoms with Gasteiger partial charge in [-0.05, 0) is 50.1 Å². The summed E-state index contributed by atoms with van der Waals surface area (Å²) in [6, 6.07) is 13.9. The molecule has 2 aromatic carbocycles. The van der Waals surface area contributed by atoms with Crippen LogP contribution >= 0.6 is 0 Å². The van der Waals surface area contributed by atoms with Gasteiger partial charge in [-0.2, -0.15) is 0 Å². The Labute approximate surface area is 202 Å². The largest absolute Gasteiger partial charge is 0.497 e. The molecule has 2 fully saturated rings. The van der Waals surface area contributed by atoms with E-state index in [9.17, 15) is 9.90 Å². The number of fused-ring (bicyclic) bond motifs is 2. The summed E-state index contributed by atoms with van der Waals surface area (Å²) in [5, 5.41) is 9.45. The Bertz CT molecular complexity index is 1040. The minimum Gasteiger partial charge on any atom is -0.497 e. The molecule has 0 amide bonds. The summed E-state index contributed by atoms with van der Waals surface area (Å²) in [7, 11) is 1.68. The molecule has 2 aliphatic heterocycles. The van der Waals surface area contributed by atoms with E-state index in [1.807, 2.05) is 50.2 Å². The van der Waals surface area contributed by atoms with Gasteiger partial charge in [-0.1, -0.05) is 32.0 Å². The van der Waals surface area contributed by atoms with Crippen molar-refractivity contribution in [2.45, 2.75) is 39.7 Å². The Morgan fingerprint density at radius 2 is 1.85 bits per heavy atom. The molecule has 0 aromatic heterocycles. The predicted octanol–water partition coefficient (Wildman–Crippen LogP) is 4.56. The van der Waals surface area contributed by atoms with Gasteiger partial charge in [0, 0.05) is 37.3 Å². The van der Waals surface area contributed by atoms with Crippen LogP contribution < -0.4 is 9.47 Å². The van der Waals surface area contributed by atoms with Gasteiger partial charge in [0.25, 0.3) is 0 Å². The summed E-state index contributed by atoms with van der Waals surface area (Å²) in [5.41, 5.74) is 2.49. The molecule has 1 saturated carbocycles. The smallest absolute Gasteiger partial charge is 0.309 e. The van der Waals surface area contributed by atoms with Crippen LogP contribution in [0.5, 0.6) is 11.5 Å². The summed E-state index contributed by atoms with van der Waals surface area (Å²) in [6.45, 7) is 8.80. The van der Waals surface area contributed by atoms with Crippen LogP contribution in [0.1, 0.15) is 44.2 Å². The van der Waals surface area contributed by atoms with Crippen LogP contribution in [0.3, 0.4) is 0 Å². The lowest BCUT2D eigenvalue weighted by Crippen LogP contribution is -2.49. The van der Waals surface area contributed by atoms with E-state index in [0.29, 0.717) is 6.61 Å². The van der Waals surface area contributed by atoms with E-state index in [0.717, 1.165) is 86.1 Å². The molecule has 2 aromatic rings. The summed E-state index contributed by atoms with van der Waals surface area (Å²) in [5.74, 6) is 1.89. The molecule has 34 heavy (non-hydrogen) atoms. The molecule has 182 valence electrons. The SMILES string of the molecule is CC.COc1ccc2c(c1)C(N1CCN(CCC3(C(=O)O)CC3)CC1)=Nc1ccccc1OC2. The number of rotatable bonds is 5. The number of aliphatic imine (C=N–C) groups is 1. The Morgan fingerprint density at radius 1 is 1.12 bits per heavy atom. The number of piperazine rings is 1. The minimum absolute atomic E-state index is 0.458. The second-order valence-electron chi connectivity index (χ2n) is 8.88. The Hall–Kier alpha value is -3.06. The van der Waals surface area contributed by atoms with Gasteiger partial charge in [0.05, 0.1) is 12.5 Å². The van der Waals surface area contributed by atoms with Gasteiger partial charge < -0.3 is 19.5 Å². The Balaban J connectivity index is 0.00000133. The van der Waals surface area contributed by atoms with Crippen LogP contribution in [0.4, 0.5) is 5.69 Å². The van der Waals surface area contributed by atoms with E-state index in [-0.39, 0.29) is 0 Å². The van der Waals surface area contributed by atoms with Crippen molar-refractivity contribution in [2.75, 3.05) is 39.8 Å². The number of hydrogen-bond donors (Lipinski definition) is 1. The maximum absolute atomic E-state index is 11.5. The van der Waals surface area contributed by atoms with Crippen LogP contribution in [0.25, 0.3) is 0 Å². The molecule has 3 aliphatic rings. The van der Waals surface area contributed by atoms with Crippen molar-refractivity contribution in [3.63, 3.8) is 0 Å². The first-order valence-corrected chi connectivity index (χ1v) is 12.3. The number of benzene rings is 2. The standard InChI is InChI=1S/C25H29N3O4.C2H6/c1-31-19-7-6-18-17-32-22-5-3-2-4-21(22)26-23(20(18)16-19)28-14-12-27(13-15-28)11-10-25(8-9-25)24(29)30;1-2/h2-7,16H,8-15,17H2,1H3,(H,29,30);1-2H3. The molecule has 7 heteroatoms. The molecule has 1 saturated heterocycles. The average molecular weight is 466 g/mol. The number of para-hydroxylation sites is 2. The maximum atomic E-state index is 11.5. The fourth-order valence-corrected chi connectivity index (χ4v) is 4.54. The number of carbonyl (C=O) groups is 1. The van der Waals surface area contributed by atoms with Crippen LogP contribution in [0.15, 0.2) is 47.5 Å². The lowest BCUT2D eigenvalue weighted by atomic mass is 10.0. The van der Waals surface area contributed by atoms with Crippen LogP contribution in [-0.4, -0.2) is 66.5 Å². The van der Waals surface area contributed by atoms with Crippen molar-refractivity contribution in [1.29, 1.82) is 0 Å². The zero-order valence-electron chi connectivity index (χ0n) is 20.4. The van der Waals surface area contributed by atoms with Crippen molar-refractivity contribution in [3.05, 3.63) is 53.6 Å². The zero-order valence-corrected chi connectivity index (χ0v) is 20.4. The second kappa shape index (κ2) is 10.5. The molecule has 0 atom stereocenters. The van der Waals surface area contributed by atoms with Gasteiger partial charge in [0.15, 0.2) is 0 Å². The second-order valence-corrected chi connectivity index (χ2v) is 8.88. The number of aliphatic carboxylic acids is 1. The topological polar surface area (TPSA) is 74.6 Å². The van der Waals surface area contributed by atoms with Gasteiger partial charge in [-0.15, -0.1) is 0 Å². The lowest BCUT2D eigenvalue weighted by molar-refractivity contribution is -0.143. The lowest BCUT2D eigenvalue weighted by Gasteiger charge is -2.37. The van der Waals surface area contributed by atoms with Crippen LogP contribution in [-0.2, 0) is 11.4 Å². The van der Waals surface area contributed by atoms with Crippen molar-refractivity contribution in [2.24, 2.45) is 10.4 Å². The highest BCUT2D eigenvalue weighted by Crippen LogP contribution is 2.49. The third kappa shape index (κ3) is 5.04. The fourth-order valence-electron chi connectivity index (χ4n) is 4.54. The molecule has 0 bridgehead atoms. The highest BCUT2D eigenvalue weighted by Gasteiger charge is 2.49. The molecular weight excluding hydrogens is 430 g/mol. The van der Waals surface area contributed by atoms with Crippen LogP contribution in [0.2, 0.25) is 0 Å². The molecule has 1 aliphatic carbocycles. The van der Waals surface area contributed by atoms with Gasteiger partial charge in [-0.25, -0.2) is 4.99 Å². The van der Waals surface area contributed by atoms with E-state index in [4.69, 9.17) is 14.5 Å². The highest BCUT2D eigenvalue weighted by atomic mass is 16.5. The molecule has 2 heterocycles.